The fourth-order valence-corrected chi connectivity index (χ4v) is 2.48. The number of rotatable bonds is 3. The van der Waals surface area contributed by atoms with Gasteiger partial charge in [0.2, 0.25) is 11.6 Å². The zero-order chi connectivity index (χ0) is 15.1. The van der Waals surface area contributed by atoms with Crippen LogP contribution in [-0.2, 0) is 6.42 Å². The van der Waals surface area contributed by atoms with E-state index in [1.165, 1.54) is 10.1 Å². The zero-order valence-corrected chi connectivity index (χ0v) is 11.7. The number of aromatic amines is 2. The van der Waals surface area contributed by atoms with Crippen LogP contribution in [0.15, 0.2) is 23.0 Å². The number of tetrazole rings is 1. The summed E-state index contributed by atoms with van der Waals surface area (Å²) in [6.07, 6.45) is 2.01. The van der Waals surface area contributed by atoms with Gasteiger partial charge in [-0.15, -0.1) is 10.2 Å². The van der Waals surface area contributed by atoms with E-state index in [1.54, 1.807) is 0 Å². The monoisotopic (exact) mass is 296 g/mol. The number of aryl methyl sites for hydroxylation is 1. The number of hydrogen-bond donors (Lipinski definition) is 2. The number of nitrogens with zero attached hydrogens (tertiary/aromatic N) is 6. The molecule has 1 aromatic carbocycles. The van der Waals surface area contributed by atoms with Crippen LogP contribution in [0.2, 0.25) is 0 Å². The quantitative estimate of drug-likeness (QED) is 0.574. The first-order chi connectivity index (χ1) is 10.8. The van der Waals surface area contributed by atoms with Crippen LogP contribution in [0.25, 0.3) is 28.2 Å². The lowest BCUT2D eigenvalue weighted by molar-refractivity contribution is 0.879. The predicted octanol–water partition coefficient (Wildman–Crippen LogP) is 0.703. The average Bonchev–Trinajstić information content (AvgIpc) is 3.17. The van der Waals surface area contributed by atoms with Crippen molar-refractivity contribution in [1.82, 2.24) is 40.2 Å². The summed E-state index contributed by atoms with van der Waals surface area (Å²) in [7, 11) is 0. The van der Waals surface area contributed by atoms with Crippen molar-refractivity contribution in [2.24, 2.45) is 0 Å². The molecule has 3 aromatic heterocycles. The molecular weight excluding hydrogens is 284 g/mol. The second kappa shape index (κ2) is 4.72. The van der Waals surface area contributed by atoms with Gasteiger partial charge in [-0.1, -0.05) is 19.4 Å². The molecule has 0 aliphatic rings. The minimum absolute atomic E-state index is 0.281. The first-order valence-corrected chi connectivity index (χ1v) is 6.92. The van der Waals surface area contributed by atoms with E-state index in [0.29, 0.717) is 11.5 Å². The van der Waals surface area contributed by atoms with Gasteiger partial charge in [-0.3, -0.25) is 0 Å². The minimum Gasteiger partial charge on any atom is -0.305 e. The van der Waals surface area contributed by atoms with Crippen molar-refractivity contribution >= 4 is 16.6 Å². The Balaban J connectivity index is 2.04. The summed E-state index contributed by atoms with van der Waals surface area (Å²) in [6, 6.07) is 5.93. The number of hydrogen-bond acceptors (Lipinski definition) is 6. The highest BCUT2D eigenvalue weighted by atomic mass is 16.1. The first-order valence-electron chi connectivity index (χ1n) is 6.92. The number of fused-ring (bicyclic) bond motifs is 3. The van der Waals surface area contributed by atoms with Gasteiger partial charge in [-0.25, -0.2) is 14.9 Å². The summed E-state index contributed by atoms with van der Waals surface area (Å²) >= 11 is 0. The van der Waals surface area contributed by atoms with Gasteiger partial charge >= 0.3 is 5.69 Å². The van der Waals surface area contributed by atoms with E-state index < -0.39 is 0 Å². The summed E-state index contributed by atoms with van der Waals surface area (Å²) in [5.41, 5.74) is 2.06. The van der Waals surface area contributed by atoms with E-state index in [9.17, 15) is 4.79 Å². The second-order valence-corrected chi connectivity index (χ2v) is 4.98. The van der Waals surface area contributed by atoms with Gasteiger partial charge in [-0.05, 0) is 34.5 Å². The maximum atomic E-state index is 12.1. The summed E-state index contributed by atoms with van der Waals surface area (Å²) in [6.45, 7) is 2.12. The van der Waals surface area contributed by atoms with Crippen molar-refractivity contribution in [2.45, 2.75) is 19.8 Å². The van der Waals surface area contributed by atoms with E-state index >= 15 is 0 Å². The lowest BCUT2D eigenvalue weighted by Crippen LogP contribution is -2.17. The fraction of sp³-hybridized carbons (Fsp3) is 0.231. The highest BCUT2D eigenvalue weighted by Gasteiger charge is 2.14. The van der Waals surface area contributed by atoms with Gasteiger partial charge in [0, 0.05) is 5.39 Å². The molecule has 0 unspecified atom stereocenters. The molecule has 0 aliphatic heterocycles. The van der Waals surface area contributed by atoms with Gasteiger partial charge in [0.05, 0.1) is 5.52 Å². The predicted molar refractivity (Wildman–Crippen MR) is 78.3 cm³/mol. The van der Waals surface area contributed by atoms with E-state index in [-0.39, 0.29) is 11.5 Å². The smallest absolute Gasteiger partial charge is 0.305 e. The first kappa shape index (κ1) is 12.6. The van der Waals surface area contributed by atoms with Gasteiger partial charge < -0.3 is 4.98 Å². The highest BCUT2D eigenvalue weighted by Crippen LogP contribution is 2.19. The van der Waals surface area contributed by atoms with Crippen LogP contribution in [0.1, 0.15) is 18.9 Å². The van der Waals surface area contributed by atoms with Crippen LogP contribution in [0, 0.1) is 0 Å². The van der Waals surface area contributed by atoms with Crippen LogP contribution in [0.3, 0.4) is 0 Å². The van der Waals surface area contributed by atoms with Crippen LogP contribution in [0.4, 0.5) is 0 Å². The molecule has 0 fully saturated rings. The Hall–Kier alpha value is -3.10. The SMILES string of the molecule is CCCc1ccc2[nH]c(=O)n3nc(-c4nnn[nH]4)nc3c2c1. The molecule has 110 valence electrons. The third-order valence-corrected chi connectivity index (χ3v) is 3.46. The molecule has 0 atom stereocenters. The van der Waals surface area contributed by atoms with E-state index in [2.05, 4.69) is 42.6 Å². The summed E-state index contributed by atoms with van der Waals surface area (Å²) in [5, 5.41) is 18.4. The van der Waals surface area contributed by atoms with Crippen LogP contribution < -0.4 is 5.69 Å². The highest BCUT2D eigenvalue weighted by molar-refractivity contribution is 5.91. The Morgan fingerprint density at radius 3 is 3.00 bits per heavy atom. The van der Waals surface area contributed by atoms with Gasteiger partial charge in [0.1, 0.15) is 0 Å². The average molecular weight is 296 g/mol. The third-order valence-electron chi connectivity index (χ3n) is 3.46. The van der Waals surface area contributed by atoms with Gasteiger partial charge in [-0.2, -0.15) is 4.52 Å². The molecule has 0 aliphatic carbocycles. The Bertz CT molecular complexity index is 1010. The molecule has 22 heavy (non-hydrogen) atoms. The van der Waals surface area contributed by atoms with E-state index in [1.807, 2.05) is 18.2 Å². The number of benzene rings is 1. The molecule has 4 rings (SSSR count). The largest absolute Gasteiger partial charge is 0.348 e. The number of H-pyrrole nitrogens is 2. The second-order valence-electron chi connectivity index (χ2n) is 4.98. The van der Waals surface area contributed by atoms with Crippen molar-refractivity contribution in [2.75, 3.05) is 0 Å². The number of aromatic nitrogens is 8. The summed E-state index contributed by atoms with van der Waals surface area (Å²) in [5.74, 6) is 0.602. The van der Waals surface area contributed by atoms with E-state index in [4.69, 9.17) is 0 Å². The third kappa shape index (κ3) is 1.86. The van der Waals surface area contributed by atoms with Crippen molar-refractivity contribution < 1.29 is 0 Å². The molecule has 9 nitrogen and oxygen atoms in total. The Morgan fingerprint density at radius 1 is 1.32 bits per heavy atom. The van der Waals surface area contributed by atoms with Crippen molar-refractivity contribution in [3.8, 4) is 11.6 Å². The van der Waals surface area contributed by atoms with Crippen LogP contribution >= 0.6 is 0 Å². The molecule has 9 heteroatoms. The van der Waals surface area contributed by atoms with Crippen LogP contribution in [0.5, 0.6) is 0 Å². The Morgan fingerprint density at radius 2 is 2.23 bits per heavy atom. The molecule has 0 saturated carbocycles. The zero-order valence-electron chi connectivity index (χ0n) is 11.7. The topological polar surface area (TPSA) is 118 Å². The molecule has 0 bridgehead atoms. The Kier molecular flexibility index (Phi) is 2.71. The maximum Gasteiger partial charge on any atom is 0.348 e. The van der Waals surface area contributed by atoms with Crippen molar-refractivity contribution in [3.63, 3.8) is 0 Å². The van der Waals surface area contributed by atoms with Gasteiger partial charge in [0.25, 0.3) is 0 Å². The summed E-state index contributed by atoms with van der Waals surface area (Å²) in [4.78, 5) is 19.3. The molecule has 2 N–H and O–H groups in total. The molecular formula is C13H12N8O. The summed E-state index contributed by atoms with van der Waals surface area (Å²) < 4.78 is 1.23. The lowest BCUT2D eigenvalue weighted by Gasteiger charge is -2.03. The molecule has 4 aromatic rings. The normalized spacial score (nSPS) is 11.5. The molecule has 3 heterocycles. The van der Waals surface area contributed by atoms with Crippen LogP contribution in [-0.4, -0.2) is 40.2 Å². The molecule has 0 saturated heterocycles. The minimum atomic E-state index is -0.350. The molecule has 0 amide bonds. The number of nitrogens with one attached hydrogen (secondary N) is 2. The van der Waals surface area contributed by atoms with E-state index in [0.717, 1.165) is 23.7 Å². The molecule has 0 radical (unpaired) electrons. The standard InChI is InChI=1S/C13H12N8O/c1-2-3-7-4-5-9-8(6-7)12-15-10(11-16-19-20-17-11)18-21(12)13(22)14-9/h4-6H,2-3H2,1H3,(H,14,22)(H,16,17,19,20). The maximum absolute atomic E-state index is 12.1. The Labute approximate surface area is 123 Å². The fourth-order valence-electron chi connectivity index (χ4n) is 2.48. The van der Waals surface area contributed by atoms with Crippen molar-refractivity contribution in [3.05, 3.63) is 34.2 Å². The van der Waals surface area contributed by atoms with Crippen molar-refractivity contribution in [1.29, 1.82) is 0 Å². The van der Waals surface area contributed by atoms with Gasteiger partial charge in [0.15, 0.2) is 5.65 Å². The molecule has 0 spiro atoms. The lowest BCUT2D eigenvalue weighted by atomic mass is 10.1.